The van der Waals surface area contributed by atoms with Gasteiger partial charge in [-0.05, 0) is 19.1 Å². The molecule has 1 atom stereocenters. The summed E-state index contributed by atoms with van der Waals surface area (Å²) < 4.78 is 0. The van der Waals surface area contributed by atoms with Crippen LogP contribution in [0.5, 0.6) is 0 Å². The average Bonchev–Trinajstić information content (AvgIpc) is 2.37. The molecule has 1 aliphatic rings. The Labute approximate surface area is 116 Å². The number of hydrogen-bond donors (Lipinski definition) is 0. The third-order valence-electron chi connectivity index (χ3n) is 3.64. The first kappa shape index (κ1) is 13.9. The van der Waals surface area contributed by atoms with E-state index in [9.17, 15) is 4.79 Å². The van der Waals surface area contributed by atoms with Gasteiger partial charge < -0.3 is 9.80 Å². The average molecular weight is 260 g/mol. The number of nitrogens with zero attached hydrogens (tertiary/aromatic N) is 2. The van der Waals surface area contributed by atoms with E-state index in [1.54, 1.807) is 0 Å². The van der Waals surface area contributed by atoms with Crippen molar-refractivity contribution in [1.29, 1.82) is 0 Å². The first-order chi connectivity index (χ1) is 8.89. The van der Waals surface area contributed by atoms with E-state index in [4.69, 9.17) is 0 Å². The molecule has 1 amide bonds. The van der Waals surface area contributed by atoms with E-state index in [1.165, 1.54) is 5.69 Å². The largest absolute Gasteiger partial charge is 0.365 e. The number of amides is 1. The van der Waals surface area contributed by atoms with Gasteiger partial charge in [-0.3, -0.25) is 4.79 Å². The van der Waals surface area contributed by atoms with Gasteiger partial charge in [0.05, 0.1) is 0 Å². The summed E-state index contributed by atoms with van der Waals surface area (Å²) in [5, 5.41) is 0. The van der Waals surface area contributed by atoms with Crippen LogP contribution < -0.4 is 4.90 Å². The zero-order chi connectivity index (χ0) is 14.0. The van der Waals surface area contributed by atoms with Gasteiger partial charge in [-0.25, -0.2) is 0 Å². The van der Waals surface area contributed by atoms with Gasteiger partial charge in [0.1, 0.15) is 0 Å². The van der Waals surface area contributed by atoms with Crippen LogP contribution in [0.15, 0.2) is 30.3 Å². The third-order valence-corrected chi connectivity index (χ3v) is 3.64. The van der Waals surface area contributed by atoms with Crippen molar-refractivity contribution >= 4 is 11.6 Å². The maximum Gasteiger partial charge on any atom is 0.228 e. The molecule has 1 saturated heterocycles. The number of carbonyl (C=O) groups is 1. The second-order valence-electron chi connectivity index (χ2n) is 6.38. The quantitative estimate of drug-likeness (QED) is 0.775. The van der Waals surface area contributed by atoms with Crippen LogP contribution in [-0.2, 0) is 4.79 Å². The summed E-state index contributed by atoms with van der Waals surface area (Å²) in [6, 6.07) is 10.8. The molecule has 3 nitrogen and oxygen atoms in total. The SMILES string of the molecule is CC1CN(C(=O)C(C)(C)C)CCN1c1ccccc1. The summed E-state index contributed by atoms with van der Waals surface area (Å²) >= 11 is 0. The molecule has 104 valence electrons. The molecule has 0 N–H and O–H groups in total. The fourth-order valence-corrected chi connectivity index (χ4v) is 2.62. The molecule has 1 aliphatic heterocycles. The zero-order valence-electron chi connectivity index (χ0n) is 12.4. The summed E-state index contributed by atoms with van der Waals surface area (Å²) in [6.07, 6.45) is 0. The molecule has 2 rings (SSSR count). The highest BCUT2D eigenvalue weighted by Gasteiger charge is 2.32. The third kappa shape index (κ3) is 3.09. The molecule has 0 bridgehead atoms. The summed E-state index contributed by atoms with van der Waals surface area (Å²) in [4.78, 5) is 16.7. The van der Waals surface area contributed by atoms with E-state index in [0.717, 1.165) is 19.6 Å². The van der Waals surface area contributed by atoms with Crippen molar-refractivity contribution in [3.8, 4) is 0 Å². The van der Waals surface area contributed by atoms with Gasteiger partial charge in [0.15, 0.2) is 0 Å². The van der Waals surface area contributed by atoms with Gasteiger partial charge in [0.2, 0.25) is 5.91 Å². The van der Waals surface area contributed by atoms with Gasteiger partial charge in [0, 0.05) is 36.8 Å². The van der Waals surface area contributed by atoms with E-state index >= 15 is 0 Å². The molecule has 19 heavy (non-hydrogen) atoms. The minimum Gasteiger partial charge on any atom is -0.365 e. The van der Waals surface area contributed by atoms with E-state index in [-0.39, 0.29) is 11.3 Å². The van der Waals surface area contributed by atoms with Crippen molar-refractivity contribution < 1.29 is 4.79 Å². The van der Waals surface area contributed by atoms with Crippen LogP contribution in [0.1, 0.15) is 27.7 Å². The fourth-order valence-electron chi connectivity index (χ4n) is 2.62. The molecule has 0 aliphatic carbocycles. The van der Waals surface area contributed by atoms with Crippen molar-refractivity contribution in [2.24, 2.45) is 5.41 Å². The maximum absolute atomic E-state index is 12.3. The van der Waals surface area contributed by atoms with Crippen molar-refractivity contribution in [1.82, 2.24) is 4.90 Å². The number of rotatable bonds is 1. The van der Waals surface area contributed by atoms with Crippen LogP contribution in [0.2, 0.25) is 0 Å². The lowest BCUT2D eigenvalue weighted by Gasteiger charge is -2.43. The number of para-hydroxylation sites is 1. The van der Waals surface area contributed by atoms with E-state index < -0.39 is 0 Å². The highest BCUT2D eigenvalue weighted by atomic mass is 16.2. The molecule has 0 spiro atoms. The lowest BCUT2D eigenvalue weighted by molar-refractivity contribution is -0.140. The molecule has 1 aromatic rings. The standard InChI is InChI=1S/C16H24N2O/c1-13-12-17(15(19)16(2,3)4)10-11-18(13)14-8-6-5-7-9-14/h5-9,13H,10-12H2,1-4H3. The summed E-state index contributed by atoms with van der Waals surface area (Å²) in [5.74, 6) is 0.257. The fraction of sp³-hybridized carbons (Fsp3) is 0.562. The Hall–Kier alpha value is -1.51. The molecule has 3 heteroatoms. The van der Waals surface area contributed by atoms with Crippen molar-refractivity contribution in [2.75, 3.05) is 24.5 Å². The topological polar surface area (TPSA) is 23.6 Å². The second-order valence-corrected chi connectivity index (χ2v) is 6.38. The van der Waals surface area contributed by atoms with E-state index in [0.29, 0.717) is 6.04 Å². The Kier molecular flexibility index (Phi) is 3.83. The molecule has 1 heterocycles. The van der Waals surface area contributed by atoms with Gasteiger partial charge in [-0.1, -0.05) is 39.0 Å². The molecule has 0 radical (unpaired) electrons. The number of anilines is 1. The number of benzene rings is 1. The Morgan fingerprint density at radius 1 is 1.16 bits per heavy atom. The van der Waals surface area contributed by atoms with Crippen LogP contribution in [0.3, 0.4) is 0 Å². The smallest absolute Gasteiger partial charge is 0.228 e. The lowest BCUT2D eigenvalue weighted by atomic mass is 9.94. The lowest BCUT2D eigenvalue weighted by Crippen LogP contribution is -2.55. The van der Waals surface area contributed by atoms with Crippen LogP contribution in [0, 0.1) is 5.41 Å². The van der Waals surface area contributed by atoms with Gasteiger partial charge in [-0.15, -0.1) is 0 Å². The zero-order valence-corrected chi connectivity index (χ0v) is 12.4. The summed E-state index contributed by atoms with van der Waals surface area (Å²) in [5.41, 5.74) is 0.965. The van der Waals surface area contributed by atoms with Crippen molar-refractivity contribution in [3.63, 3.8) is 0 Å². The molecule has 0 aromatic heterocycles. The first-order valence-corrected chi connectivity index (χ1v) is 7.00. The van der Waals surface area contributed by atoms with Crippen LogP contribution in [0.25, 0.3) is 0 Å². The van der Waals surface area contributed by atoms with Gasteiger partial charge in [0.25, 0.3) is 0 Å². The normalized spacial score (nSPS) is 20.5. The second kappa shape index (κ2) is 5.24. The Morgan fingerprint density at radius 2 is 1.79 bits per heavy atom. The minimum absolute atomic E-state index is 0.257. The number of piperazine rings is 1. The molecular weight excluding hydrogens is 236 g/mol. The molecular formula is C16H24N2O. The molecule has 1 unspecified atom stereocenters. The molecule has 1 aromatic carbocycles. The highest BCUT2D eigenvalue weighted by Crippen LogP contribution is 2.23. The van der Waals surface area contributed by atoms with Crippen molar-refractivity contribution in [2.45, 2.75) is 33.7 Å². The van der Waals surface area contributed by atoms with E-state index in [2.05, 4.69) is 36.1 Å². The molecule has 0 saturated carbocycles. The Bertz CT molecular complexity index is 436. The van der Waals surface area contributed by atoms with Gasteiger partial charge >= 0.3 is 0 Å². The molecule has 1 fully saturated rings. The van der Waals surface area contributed by atoms with Crippen LogP contribution in [0.4, 0.5) is 5.69 Å². The summed E-state index contributed by atoms with van der Waals surface area (Å²) in [6.45, 7) is 10.7. The highest BCUT2D eigenvalue weighted by molar-refractivity contribution is 5.81. The predicted molar refractivity (Wildman–Crippen MR) is 79.3 cm³/mol. The van der Waals surface area contributed by atoms with Crippen LogP contribution >= 0.6 is 0 Å². The van der Waals surface area contributed by atoms with Crippen LogP contribution in [-0.4, -0.2) is 36.5 Å². The Balaban J connectivity index is 2.05. The maximum atomic E-state index is 12.3. The first-order valence-electron chi connectivity index (χ1n) is 7.00. The number of carbonyl (C=O) groups excluding carboxylic acids is 1. The monoisotopic (exact) mass is 260 g/mol. The van der Waals surface area contributed by atoms with E-state index in [1.807, 2.05) is 31.7 Å². The predicted octanol–water partition coefficient (Wildman–Crippen LogP) is 2.77. The number of hydrogen-bond acceptors (Lipinski definition) is 2. The van der Waals surface area contributed by atoms with Gasteiger partial charge in [-0.2, -0.15) is 0 Å². The summed E-state index contributed by atoms with van der Waals surface area (Å²) in [7, 11) is 0. The minimum atomic E-state index is -0.283. The Morgan fingerprint density at radius 3 is 2.32 bits per heavy atom. The van der Waals surface area contributed by atoms with Crippen molar-refractivity contribution in [3.05, 3.63) is 30.3 Å².